The van der Waals surface area contributed by atoms with Crippen LogP contribution in [0, 0.1) is 10.1 Å². The maximum atomic E-state index is 10.9. The van der Waals surface area contributed by atoms with Crippen LogP contribution in [0.15, 0.2) is 6.20 Å². The highest BCUT2D eigenvalue weighted by Gasteiger charge is 2.35. The smallest absolute Gasteiger partial charge is 0.329 e. The van der Waals surface area contributed by atoms with Crippen molar-refractivity contribution in [3.63, 3.8) is 0 Å². The number of nitro groups is 1. The molecule has 1 unspecified atom stereocenters. The number of hydrogen-bond acceptors (Lipinski definition) is 7. The zero-order chi connectivity index (χ0) is 13.9. The number of halogens is 1. The second-order valence-electron chi connectivity index (χ2n) is 4.17. The van der Waals surface area contributed by atoms with Gasteiger partial charge in [0.1, 0.15) is 11.8 Å². The van der Waals surface area contributed by atoms with E-state index in [9.17, 15) is 10.1 Å². The van der Waals surface area contributed by atoms with E-state index in [1.807, 2.05) is 0 Å². The van der Waals surface area contributed by atoms with Crippen LogP contribution in [0.25, 0.3) is 0 Å². The molecule has 9 heteroatoms. The first-order valence-electron chi connectivity index (χ1n) is 5.60. The number of nitrogens with one attached hydrogen (secondary N) is 1. The summed E-state index contributed by atoms with van der Waals surface area (Å²) >= 11 is 5.64. The Labute approximate surface area is 114 Å². The summed E-state index contributed by atoms with van der Waals surface area (Å²) in [5.41, 5.74) is -0.722. The predicted octanol–water partition coefficient (Wildman–Crippen LogP) is 1.26. The number of nitrogens with zero attached hydrogens (tertiary/aromatic N) is 3. The van der Waals surface area contributed by atoms with Crippen LogP contribution in [0.5, 0.6) is 0 Å². The molecule has 2 rings (SSSR count). The molecular weight excluding hydrogens is 276 g/mol. The van der Waals surface area contributed by atoms with E-state index < -0.39 is 10.5 Å². The van der Waals surface area contributed by atoms with E-state index in [2.05, 4.69) is 15.3 Å². The molecule has 8 nitrogen and oxygen atoms in total. The Bertz CT molecular complexity index is 479. The Morgan fingerprint density at radius 2 is 2.53 bits per heavy atom. The summed E-state index contributed by atoms with van der Waals surface area (Å²) in [5, 5.41) is 13.7. The van der Waals surface area contributed by atoms with Gasteiger partial charge in [0.25, 0.3) is 0 Å². The lowest BCUT2D eigenvalue weighted by atomic mass is 10.0. The number of rotatable bonds is 5. The maximum Gasteiger partial charge on any atom is 0.329 e. The minimum Gasteiger partial charge on any atom is -0.378 e. The molecule has 1 aliphatic rings. The van der Waals surface area contributed by atoms with Crippen molar-refractivity contribution in [1.82, 2.24) is 9.97 Å². The first kappa shape index (κ1) is 13.9. The summed E-state index contributed by atoms with van der Waals surface area (Å²) < 4.78 is 10.7. The average molecular weight is 289 g/mol. The van der Waals surface area contributed by atoms with Crippen molar-refractivity contribution >= 4 is 23.1 Å². The lowest BCUT2D eigenvalue weighted by Gasteiger charge is -2.25. The van der Waals surface area contributed by atoms with Crippen molar-refractivity contribution < 1.29 is 14.4 Å². The fourth-order valence-corrected chi connectivity index (χ4v) is 1.96. The molecule has 0 spiro atoms. The van der Waals surface area contributed by atoms with Crippen LogP contribution in [0.4, 0.5) is 11.5 Å². The predicted molar refractivity (Wildman–Crippen MR) is 67.4 cm³/mol. The second-order valence-corrected chi connectivity index (χ2v) is 4.51. The van der Waals surface area contributed by atoms with Gasteiger partial charge in [-0.25, -0.2) is 4.98 Å². The third kappa shape index (κ3) is 3.09. The van der Waals surface area contributed by atoms with E-state index in [1.165, 1.54) is 0 Å². The van der Waals surface area contributed by atoms with E-state index in [4.69, 9.17) is 21.1 Å². The summed E-state index contributed by atoms with van der Waals surface area (Å²) in [7, 11) is 1.58. The van der Waals surface area contributed by atoms with Crippen LogP contribution in [-0.4, -0.2) is 47.4 Å². The van der Waals surface area contributed by atoms with Crippen molar-refractivity contribution in [2.45, 2.75) is 12.0 Å². The zero-order valence-corrected chi connectivity index (χ0v) is 11.0. The van der Waals surface area contributed by atoms with Gasteiger partial charge in [-0.05, 0) is 11.6 Å². The third-order valence-electron chi connectivity index (χ3n) is 3.01. The second kappa shape index (κ2) is 5.64. The number of hydrogen-bond donors (Lipinski definition) is 1. The van der Waals surface area contributed by atoms with Gasteiger partial charge in [0.2, 0.25) is 11.1 Å². The van der Waals surface area contributed by atoms with Crippen LogP contribution in [0.1, 0.15) is 6.42 Å². The molecule has 1 aromatic rings. The molecule has 19 heavy (non-hydrogen) atoms. The summed E-state index contributed by atoms with van der Waals surface area (Å²) in [6.07, 6.45) is 1.78. The molecule has 1 aliphatic heterocycles. The number of methoxy groups -OCH3 is 1. The van der Waals surface area contributed by atoms with E-state index in [0.717, 1.165) is 6.20 Å². The molecule has 1 saturated heterocycles. The maximum absolute atomic E-state index is 10.9. The highest BCUT2D eigenvalue weighted by Crippen LogP contribution is 2.26. The fourth-order valence-electron chi connectivity index (χ4n) is 1.82. The highest BCUT2D eigenvalue weighted by molar-refractivity contribution is 6.28. The highest BCUT2D eigenvalue weighted by atomic mass is 35.5. The summed E-state index contributed by atoms with van der Waals surface area (Å²) in [6.45, 7) is 1.38. The van der Waals surface area contributed by atoms with E-state index in [-0.39, 0.29) is 16.8 Å². The van der Waals surface area contributed by atoms with E-state index in [1.54, 1.807) is 7.11 Å². The minimum atomic E-state index is -0.566. The largest absolute Gasteiger partial charge is 0.378 e. The molecule has 1 N–H and O–H groups in total. The van der Waals surface area contributed by atoms with Gasteiger partial charge in [0.05, 0.1) is 11.5 Å². The van der Waals surface area contributed by atoms with Crippen molar-refractivity contribution in [1.29, 1.82) is 0 Å². The third-order valence-corrected chi connectivity index (χ3v) is 3.20. The SMILES string of the molecule is COC1(CNc2nc(Cl)ncc2[N+](=O)[O-])CCOC1. The first-order valence-corrected chi connectivity index (χ1v) is 5.98. The van der Waals surface area contributed by atoms with Crippen molar-refractivity contribution in [3.8, 4) is 0 Å². The van der Waals surface area contributed by atoms with Crippen LogP contribution in [-0.2, 0) is 9.47 Å². The summed E-state index contributed by atoms with van der Waals surface area (Å²) in [6, 6.07) is 0. The molecule has 0 aromatic carbocycles. The van der Waals surface area contributed by atoms with Crippen LogP contribution >= 0.6 is 11.6 Å². The molecule has 2 heterocycles. The molecule has 1 aromatic heterocycles. The van der Waals surface area contributed by atoms with Crippen LogP contribution < -0.4 is 5.32 Å². The Morgan fingerprint density at radius 3 is 3.11 bits per heavy atom. The molecule has 0 bridgehead atoms. The standard InChI is InChI=1S/C10H13ClN4O4/c1-18-10(2-3-19-6-10)5-13-8-7(15(16)17)4-12-9(11)14-8/h4H,2-3,5-6H2,1H3,(H,12,13,14). The van der Waals surface area contributed by atoms with Gasteiger partial charge in [-0.3, -0.25) is 10.1 Å². The Morgan fingerprint density at radius 1 is 1.74 bits per heavy atom. The van der Waals surface area contributed by atoms with Gasteiger partial charge < -0.3 is 14.8 Å². The molecule has 0 amide bonds. The molecule has 0 aliphatic carbocycles. The molecular formula is C10H13ClN4O4. The molecule has 1 atom stereocenters. The Hall–Kier alpha value is -1.51. The van der Waals surface area contributed by atoms with Crippen LogP contribution in [0.3, 0.4) is 0 Å². The molecule has 104 valence electrons. The lowest BCUT2D eigenvalue weighted by molar-refractivity contribution is -0.384. The van der Waals surface area contributed by atoms with Gasteiger partial charge in [-0.2, -0.15) is 4.98 Å². The quantitative estimate of drug-likeness (QED) is 0.494. The van der Waals surface area contributed by atoms with E-state index >= 15 is 0 Å². The fraction of sp³-hybridized carbons (Fsp3) is 0.600. The normalized spacial score (nSPS) is 22.4. The van der Waals surface area contributed by atoms with E-state index in [0.29, 0.717) is 26.2 Å². The van der Waals surface area contributed by atoms with Gasteiger partial charge in [0, 0.05) is 26.7 Å². The monoisotopic (exact) mass is 288 g/mol. The Kier molecular flexibility index (Phi) is 4.13. The zero-order valence-electron chi connectivity index (χ0n) is 10.3. The van der Waals surface area contributed by atoms with Crippen LogP contribution in [0.2, 0.25) is 5.28 Å². The molecule has 0 radical (unpaired) electrons. The average Bonchev–Trinajstić information content (AvgIpc) is 2.85. The number of anilines is 1. The van der Waals surface area contributed by atoms with Gasteiger partial charge in [0.15, 0.2) is 0 Å². The first-order chi connectivity index (χ1) is 9.06. The summed E-state index contributed by atoms with van der Waals surface area (Å²) in [4.78, 5) is 17.7. The lowest BCUT2D eigenvalue weighted by Crippen LogP contribution is -2.39. The van der Waals surface area contributed by atoms with Crippen molar-refractivity contribution in [2.75, 3.05) is 32.2 Å². The Balaban J connectivity index is 2.14. The van der Waals surface area contributed by atoms with Crippen molar-refractivity contribution in [3.05, 3.63) is 21.6 Å². The van der Waals surface area contributed by atoms with Gasteiger partial charge >= 0.3 is 5.69 Å². The topological polar surface area (TPSA) is 99.4 Å². The summed E-state index contributed by atoms with van der Waals surface area (Å²) in [5.74, 6) is 0.0772. The number of ether oxygens (including phenoxy) is 2. The van der Waals surface area contributed by atoms with Gasteiger partial charge in [-0.1, -0.05) is 0 Å². The number of aromatic nitrogens is 2. The minimum absolute atomic E-state index is 0.0535. The van der Waals surface area contributed by atoms with Crippen molar-refractivity contribution in [2.24, 2.45) is 0 Å². The molecule has 0 saturated carbocycles. The molecule has 1 fully saturated rings. The van der Waals surface area contributed by atoms with Gasteiger partial charge in [-0.15, -0.1) is 0 Å².